The predicted molar refractivity (Wildman–Crippen MR) is 75.1 cm³/mol. The summed E-state index contributed by atoms with van der Waals surface area (Å²) in [6.07, 6.45) is 3.09. The van der Waals surface area contributed by atoms with Crippen molar-refractivity contribution in [1.29, 1.82) is 0 Å². The van der Waals surface area contributed by atoms with Gasteiger partial charge in [-0.2, -0.15) is 4.31 Å². The van der Waals surface area contributed by atoms with Crippen LogP contribution in [0.1, 0.15) is 38.7 Å². The Morgan fingerprint density at radius 3 is 2.22 bits per heavy atom. The Labute approximate surface area is 111 Å². The maximum Gasteiger partial charge on any atom is 0.243 e. The van der Waals surface area contributed by atoms with Crippen molar-refractivity contribution in [3.05, 3.63) is 29.8 Å². The predicted octanol–water partition coefficient (Wildman–Crippen LogP) is 3.20. The van der Waals surface area contributed by atoms with Crippen LogP contribution in [0.3, 0.4) is 0 Å². The molecule has 0 amide bonds. The molecule has 0 N–H and O–H groups in total. The van der Waals surface area contributed by atoms with Crippen LogP contribution in [0, 0.1) is 6.92 Å². The molecule has 1 heterocycles. The molecule has 1 aliphatic rings. The molecule has 3 nitrogen and oxygen atoms in total. The summed E-state index contributed by atoms with van der Waals surface area (Å²) in [6, 6.07) is 7.13. The fourth-order valence-corrected chi connectivity index (χ4v) is 3.65. The summed E-state index contributed by atoms with van der Waals surface area (Å²) < 4.78 is 26.1. The smallest absolute Gasteiger partial charge is 0.207 e. The van der Waals surface area contributed by atoms with Gasteiger partial charge in [-0.1, -0.05) is 32.4 Å². The number of aryl methyl sites for hydroxylation is 1. The molecule has 0 aliphatic carbocycles. The zero-order valence-corrected chi connectivity index (χ0v) is 12.3. The van der Waals surface area contributed by atoms with E-state index >= 15 is 0 Å². The third-order valence-electron chi connectivity index (χ3n) is 2.94. The Morgan fingerprint density at radius 1 is 1.06 bits per heavy atom. The highest BCUT2D eigenvalue weighted by atomic mass is 32.2. The molecule has 2 rings (SSSR count). The quantitative estimate of drug-likeness (QED) is 0.827. The van der Waals surface area contributed by atoms with E-state index in [4.69, 9.17) is 0 Å². The third-order valence-corrected chi connectivity index (χ3v) is 4.84. The molecule has 0 unspecified atom stereocenters. The van der Waals surface area contributed by atoms with E-state index in [1.54, 1.807) is 22.5 Å². The van der Waals surface area contributed by atoms with E-state index in [1.807, 2.05) is 26.8 Å². The largest absolute Gasteiger partial charge is 0.243 e. The molecule has 0 bridgehead atoms. The van der Waals surface area contributed by atoms with Crippen LogP contribution in [-0.4, -0.2) is 25.8 Å². The van der Waals surface area contributed by atoms with Gasteiger partial charge < -0.3 is 0 Å². The number of hydrogen-bond acceptors (Lipinski definition) is 2. The number of hydrogen-bond donors (Lipinski definition) is 0. The van der Waals surface area contributed by atoms with Gasteiger partial charge in [0.2, 0.25) is 10.0 Å². The minimum Gasteiger partial charge on any atom is -0.207 e. The van der Waals surface area contributed by atoms with E-state index in [0.29, 0.717) is 18.0 Å². The first kappa shape index (κ1) is 15.2. The Bertz CT molecular complexity index is 462. The molecule has 0 aromatic heterocycles. The van der Waals surface area contributed by atoms with Crippen LogP contribution < -0.4 is 0 Å². The standard InChI is InChI=1S/C12H17NO2S.C2H6/c1-11-6-5-7-12(10-11)16(14,15)13-8-3-2-4-9-13;1-2/h5-7,10H,2-4,8-9H2,1H3;1-2H3. The van der Waals surface area contributed by atoms with Crippen LogP contribution in [0.5, 0.6) is 0 Å². The molecule has 102 valence electrons. The van der Waals surface area contributed by atoms with Crippen molar-refractivity contribution in [3.63, 3.8) is 0 Å². The highest BCUT2D eigenvalue weighted by Crippen LogP contribution is 2.20. The topological polar surface area (TPSA) is 37.4 Å². The first-order valence-corrected chi connectivity index (χ1v) is 8.11. The zero-order valence-electron chi connectivity index (χ0n) is 11.5. The first-order chi connectivity index (χ1) is 8.60. The van der Waals surface area contributed by atoms with Gasteiger partial charge >= 0.3 is 0 Å². The maximum absolute atomic E-state index is 12.3. The summed E-state index contributed by atoms with van der Waals surface area (Å²) in [4.78, 5) is 0.425. The van der Waals surface area contributed by atoms with E-state index in [1.165, 1.54) is 0 Å². The number of nitrogens with zero attached hydrogens (tertiary/aromatic N) is 1. The van der Waals surface area contributed by atoms with Crippen LogP contribution in [0.2, 0.25) is 0 Å². The van der Waals surface area contributed by atoms with Gasteiger partial charge in [0.25, 0.3) is 0 Å². The monoisotopic (exact) mass is 269 g/mol. The number of piperidine rings is 1. The molecule has 1 aromatic rings. The summed E-state index contributed by atoms with van der Waals surface area (Å²) in [5.41, 5.74) is 0.984. The summed E-state index contributed by atoms with van der Waals surface area (Å²) in [7, 11) is -3.25. The molecule has 1 fully saturated rings. The summed E-state index contributed by atoms with van der Waals surface area (Å²) in [5.74, 6) is 0. The zero-order chi connectivity index (χ0) is 13.6. The summed E-state index contributed by atoms with van der Waals surface area (Å²) in [6.45, 7) is 7.24. The number of benzene rings is 1. The molecule has 0 atom stereocenters. The molecule has 4 heteroatoms. The van der Waals surface area contributed by atoms with Gasteiger partial charge in [0.15, 0.2) is 0 Å². The molecule has 0 saturated carbocycles. The van der Waals surface area contributed by atoms with Gasteiger partial charge in [-0.25, -0.2) is 8.42 Å². The molecule has 0 spiro atoms. The van der Waals surface area contributed by atoms with Crippen molar-refractivity contribution >= 4 is 10.0 Å². The average molecular weight is 269 g/mol. The van der Waals surface area contributed by atoms with Gasteiger partial charge in [0.1, 0.15) is 0 Å². The molecule has 1 aromatic carbocycles. The highest BCUT2D eigenvalue weighted by molar-refractivity contribution is 7.89. The Hall–Kier alpha value is -0.870. The Kier molecular flexibility index (Phi) is 5.82. The van der Waals surface area contributed by atoms with Crippen LogP contribution in [0.15, 0.2) is 29.2 Å². The van der Waals surface area contributed by atoms with Crippen molar-refractivity contribution in [2.24, 2.45) is 0 Å². The molecular weight excluding hydrogens is 246 g/mol. The lowest BCUT2D eigenvalue weighted by atomic mass is 10.2. The molecule has 1 saturated heterocycles. The van der Waals surface area contributed by atoms with Crippen LogP contribution in [0.4, 0.5) is 0 Å². The lowest BCUT2D eigenvalue weighted by Gasteiger charge is -2.25. The second-order valence-corrected chi connectivity index (χ2v) is 6.22. The minimum absolute atomic E-state index is 0.425. The van der Waals surface area contributed by atoms with Crippen LogP contribution in [0.25, 0.3) is 0 Å². The van der Waals surface area contributed by atoms with E-state index < -0.39 is 10.0 Å². The second-order valence-electron chi connectivity index (χ2n) is 4.28. The molecule has 1 aliphatic heterocycles. The third kappa shape index (κ3) is 3.56. The van der Waals surface area contributed by atoms with Gasteiger partial charge in [0, 0.05) is 13.1 Å². The molecule has 0 radical (unpaired) electrons. The fraction of sp³-hybridized carbons (Fsp3) is 0.571. The van der Waals surface area contributed by atoms with E-state index in [9.17, 15) is 8.42 Å². The van der Waals surface area contributed by atoms with Gasteiger partial charge in [-0.05, 0) is 37.5 Å². The van der Waals surface area contributed by atoms with Crippen molar-refractivity contribution < 1.29 is 8.42 Å². The van der Waals surface area contributed by atoms with Crippen LogP contribution in [-0.2, 0) is 10.0 Å². The van der Waals surface area contributed by atoms with Crippen molar-refractivity contribution in [2.45, 2.75) is 44.9 Å². The van der Waals surface area contributed by atoms with Gasteiger partial charge in [0.05, 0.1) is 4.90 Å². The van der Waals surface area contributed by atoms with Gasteiger partial charge in [-0.3, -0.25) is 0 Å². The number of rotatable bonds is 2. The number of sulfonamides is 1. The van der Waals surface area contributed by atoms with Crippen LogP contribution >= 0.6 is 0 Å². The lowest BCUT2D eigenvalue weighted by Crippen LogP contribution is -2.35. The summed E-state index contributed by atoms with van der Waals surface area (Å²) in [5, 5.41) is 0. The second kappa shape index (κ2) is 6.90. The van der Waals surface area contributed by atoms with Gasteiger partial charge in [-0.15, -0.1) is 0 Å². The Balaban J connectivity index is 0.000000771. The Morgan fingerprint density at radius 2 is 1.67 bits per heavy atom. The SMILES string of the molecule is CC.Cc1cccc(S(=O)(=O)N2CCCCC2)c1. The fourth-order valence-electron chi connectivity index (χ4n) is 2.03. The lowest BCUT2D eigenvalue weighted by molar-refractivity contribution is 0.346. The first-order valence-electron chi connectivity index (χ1n) is 6.67. The average Bonchev–Trinajstić information content (AvgIpc) is 2.42. The van der Waals surface area contributed by atoms with E-state index in [2.05, 4.69) is 0 Å². The normalized spacial score (nSPS) is 16.8. The van der Waals surface area contributed by atoms with Crippen molar-refractivity contribution in [2.75, 3.05) is 13.1 Å². The van der Waals surface area contributed by atoms with Crippen molar-refractivity contribution in [3.8, 4) is 0 Å². The maximum atomic E-state index is 12.3. The van der Waals surface area contributed by atoms with E-state index in [-0.39, 0.29) is 0 Å². The highest BCUT2D eigenvalue weighted by Gasteiger charge is 2.25. The molecular formula is C14H23NO2S. The van der Waals surface area contributed by atoms with Crippen molar-refractivity contribution in [1.82, 2.24) is 4.31 Å². The molecule has 18 heavy (non-hydrogen) atoms. The minimum atomic E-state index is -3.25. The summed E-state index contributed by atoms with van der Waals surface area (Å²) >= 11 is 0. The van der Waals surface area contributed by atoms with E-state index in [0.717, 1.165) is 24.8 Å².